The van der Waals surface area contributed by atoms with E-state index in [1.807, 2.05) is 32.9 Å². The van der Waals surface area contributed by atoms with Gasteiger partial charge in [0.15, 0.2) is 0 Å². The maximum absolute atomic E-state index is 12.2. The summed E-state index contributed by atoms with van der Waals surface area (Å²) in [6, 6.07) is 5.50. The molecule has 3 nitrogen and oxygen atoms in total. The van der Waals surface area contributed by atoms with Crippen molar-refractivity contribution in [2.24, 2.45) is 11.7 Å². The van der Waals surface area contributed by atoms with Crippen LogP contribution in [-0.2, 0) is 10.3 Å². The number of hydrogen-bond acceptors (Lipinski definition) is 2. The molecule has 1 aromatic rings. The number of benzene rings is 1. The van der Waals surface area contributed by atoms with E-state index in [1.54, 1.807) is 6.07 Å². The number of rotatable bonds is 6. The van der Waals surface area contributed by atoms with Gasteiger partial charge in [0, 0.05) is 12.5 Å². The maximum Gasteiger partial charge on any atom is 0.224 e. The van der Waals surface area contributed by atoms with Gasteiger partial charge in [0.1, 0.15) is 0 Å². The quantitative estimate of drug-likeness (QED) is 0.840. The summed E-state index contributed by atoms with van der Waals surface area (Å²) in [6.07, 6.45) is 1.54. The van der Waals surface area contributed by atoms with E-state index in [0.29, 0.717) is 16.6 Å². The molecule has 0 bridgehead atoms. The van der Waals surface area contributed by atoms with E-state index in [2.05, 4.69) is 5.32 Å². The Morgan fingerprint density at radius 2 is 1.90 bits per heavy atom. The van der Waals surface area contributed by atoms with E-state index in [-0.39, 0.29) is 11.8 Å². The fourth-order valence-corrected chi connectivity index (χ4v) is 2.47. The van der Waals surface area contributed by atoms with Crippen LogP contribution in [0.5, 0.6) is 0 Å². The Balaban J connectivity index is 3.13. The lowest BCUT2D eigenvalue weighted by Crippen LogP contribution is -2.48. The molecule has 0 fully saturated rings. The molecular weight excluding hydrogens is 295 g/mol. The van der Waals surface area contributed by atoms with E-state index in [1.165, 1.54) is 0 Å². The van der Waals surface area contributed by atoms with Gasteiger partial charge in [-0.15, -0.1) is 0 Å². The van der Waals surface area contributed by atoms with Gasteiger partial charge in [0.25, 0.3) is 0 Å². The second-order valence-electron chi connectivity index (χ2n) is 5.04. The molecule has 0 aliphatic carbocycles. The lowest BCUT2D eigenvalue weighted by molar-refractivity contribution is -0.126. The number of carbonyl (C=O) groups is 1. The molecule has 5 heteroatoms. The topological polar surface area (TPSA) is 55.1 Å². The first-order valence-electron chi connectivity index (χ1n) is 6.87. The molecule has 1 rings (SSSR count). The van der Waals surface area contributed by atoms with Gasteiger partial charge < -0.3 is 11.1 Å². The average molecular weight is 317 g/mol. The van der Waals surface area contributed by atoms with E-state index in [4.69, 9.17) is 28.9 Å². The zero-order valence-corrected chi connectivity index (χ0v) is 13.7. The molecule has 20 heavy (non-hydrogen) atoms. The summed E-state index contributed by atoms with van der Waals surface area (Å²) in [6.45, 7) is 6.23. The Hall–Kier alpha value is -0.770. The Kier molecular flexibility index (Phi) is 6.31. The minimum absolute atomic E-state index is 0.0396. The normalized spacial score (nSPS) is 13.1. The van der Waals surface area contributed by atoms with Gasteiger partial charge in [-0.3, -0.25) is 4.79 Å². The van der Waals surface area contributed by atoms with Crippen molar-refractivity contribution in [3.8, 4) is 0 Å². The highest BCUT2D eigenvalue weighted by molar-refractivity contribution is 6.42. The van der Waals surface area contributed by atoms with Crippen LogP contribution >= 0.6 is 23.2 Å². The Morgan fingerprint density at radius 3 is 2.35 bits per heavy atom. The predicted molar refractivity (Wildman–Crippen MR) is 85.1 cm³/mol. The number of amides is 1. The number of hydrogen-bond donors (Lipinski definition) is 2. The van der Waals surface area contributed by atoms with Crippen LogP contribution in [0, 0.1) is 5.92 Å². The predicted octanol–water partition coefficient (Wildman–Crippen LogP) is 3.72. The van der Waals surface area contributed by atoms with Crippen molar-refractivity contribution in [2.75, 3.05) is 6.54 Å². The molecule has 0 spiro atoms. The zero-order chi connectivity index (χ0) is 15.3. The fraction of sp³-hybridized carbons (Fsp3) is 0.533. The van der Waals surface area contributed by atoms with Crippen LogP contribution in [0.1, 0.15) is 39.2 Å². The highest BCUT2D eigenvalue weighted by Crippen LogP contribution is 2.33. The molecule has 1 aromatic carbocycles. The van der Waals surface area contributed by atoms with Crippen molar-refractivity contribution in [1.29, 1.82) is 0 Å². The van der Waals surface area contributed by atoms with Gasteiger partial charge in [-0.25, -0.2) is 0 Å². The Labute approximate surface area is 130 Å². The third kappa shape index (κ3) is 3.66. The molecule has 0 aliphatic heterocycles. The van der Waals surface area contributed by atoms with Crippen LogP contribution < -0.4 is 11.1 Å². The molecule has 0 aromatic heterocycles. The lowest BCUT2D eigenvalue weighted by Gasteiger charge is -2.35. The molecule has 3 N–H and O–H groups in total. The number of carbonyl (C=O) groups excluding carboxylic acids is 1. The van der Waals surface area contributed by atoms with Gasteiger partial charge in [0.05, 0.1) is 15.6 Å². The van der Waals surface area contributed by atoms with Gasteiger partial charge >= 0.3 is 0 Å². The molecule has 0 heterocycles. The van der Waals surface area contributed by atoms with Crippen molar-refractivity contribution in [3.63, 3.8) is 0 Å². The highest BCUT2D eigenvalue weighted by atomic mass is 35.5. The van der Waals surface area contributed by atoms with Crippen molar-refractivity contribution in [3.05, 3.63) is 33.8 Å². The molecule has 1 unspecified atom stereocenters. The standard InChI is InChI=1S/C15H22Cl2N2O/c1-4-15(5-2,19-14(20)10(3)9-18)11-6-7-12(16)13(17)8-11/h6-8,10H,4-5,9,18H2,1-3H3,(H,19,20). The largest absolute Gasteiger partial charge is 0.346 e. The lowest BCUT2D eigenvalue weighted by atomic mass is 9.84. The average Bonchev–Trinajstić information content (AvgIpc) is 2.46. The van der Waals surface area contributed by atoms with E-state index in [0.717, 1.165) is 18.4 Å². The van der Waals surface area contributed by atoms with E-state index >= 15 is 0 Å². The summed E-state index contributed by atoms with van der Waals surface area (Å²) in [7, 11) is 0. The monoisotopic (exact) mass is 316 g/mol. The molecule has 0 radical (unpaired) electrons. The summed E-state index contributed by atoms with van der Waals surface area (Å²) < 4.78 is 0. The summed E-state index contributed by atoms with van der Waals surface area (Å²) in [5.41, 5.74) is 6.09. The first kappa shape index (κ1) is 17.3. The van der Waals surface area contributed by atoms with Crippen LogP contribution in [0.15, 0.2) is 18.2 Å². The first-order valence-corrected chi connectivity index (χ1v) is 7.63. The van der Waals surface area contributed by atoms with Crippen molar-refractivity contribution < 1.29 is 4.79 Å². The second kappa shape index (κ2) is 7.30. The summed E-state index contributed by atoms with van der Waals surface area (Å²) in [5, 5.41) is 4.13. The molecular formula is C15H22Cl2N2O. The van der Waals surface area contributed by atoms with Crippen molar-refractivity contribution >= 4 is 29.1 Å². The minimum atomic E-state index is -0.436. The zero-order valence-electron chi connectivity index (χ0n) is 12.2. The van der Waals surface area contributed by atoms with E-state index in [9.17, 15) is 4.79 Å². The Bertz CT molecular complexity index is 473. The first-order chi connectivity index (χ1) is 9.40. The van der Waals surface area contributed by atoms with Crippen LogP contribution in [0.2, 0.25) is 10.0 Å². The molecule has 1 atom stereocenters. The molecule has 0 aliphatic rings. The van der Waals surface area contributed by atoms with Gasteiger partial charge in [-0.05, 0) is 30.5 Å². The number of nitrogens with two attached hydrogens (primary N) is 1. The number of halogens is 2. The molecule has 1 amide bonds. The third-order valence-corrected chi connectivity index (χ3v) is 4.58. The fourth-order valence-electron chi connectivity index (χ4n) is 2.17. The van der Waals surface area contributed by atoms with Crippen molar-refractivity contribution in [1.82, 2.24) is 5.32 Å². The second-order valence-corrected chi connectivity index (χ2v) is 5.86. The Morgan fingerprint density at radius 1 is 1.30 bits per heavy atom. The highest BCUT2D eigenvalue weighted by Gasteiger charge is 2.31. The summed E-state index contributed by atoms with van der Waals surface area (Å²) in [4.78, 5) is 12.2. The van der Waals surface area contributed by atoms with Crippen LogP contribution in [0.3, 0.4) is 0 Å². The molecule has 0 saturated carbocycles. The SMILES string of the molecule is CCC(CC)(NC(=O)C(C)CN)c1ccc(Cl)c(Cl)c1. The smallest absolute Gasteiger partial charge is 0.224 e. The molecule has 0 saturated heterocycles. The minimum Gasteiger partial charge on any atom is -0.346 e. The van der Waals surface area contributed by atoms with Crippen LogP contribution in [-0.4, -0.2) is 12.5 Å². The maximum atomic E-state index is 12.2. The van der Waals surface area contributed by atoms with Gasteiger partial charge in [-0.2, -0.15) is 0 Å². The van der Waals surface area contributed by atoms with Crippen LogP contribution in [0.4, 0.5) is 0 Å². The summed E-state index contributed by atoms with van der Waals surface area (Å²) in [5.74, 6) is -0.252. The van der Waals surface area contributed by atoms with E-state index < -0.39 is 5.54 Å². The van der Waals surface area contributed by atoms with Crippen LogP contribution in [0.25, 0.3) is 0 Å². The molecule has 112 valence electrons. The van der Waals surface area contributed by atoms with Gasteiger partial charge in [0.2, 0.25) is 5.91 Å². The van der Waals surface area contributed by atoms with Gasteiger partial charge in [-0.1, -0.05) is 50.0 Å². The number of nitrogens with one attached hydrogen (secondary N) is 1. The third-order valence-electron chi connectivity index (χ3n) is 3.84. The van der Waals surface area contributed by atoms with Crippen molar-refractivity contribution in [2.45, 2.75) is 39.2 Å². The summed E-state index contributed by atoms with van der Waals surface area (Å²) >= 11 is 12.1.